The van der Waals surface area contributed by atoms with Gasteiger partial charge in [0.2, 0.25) is 10.0 Å². The zero-order valence-corrected chi connectivity index (χ0v) is 20.7. The molecule has 178 valence electrons. The van der Waals surface area contributed by atoms with Crippen LogP contribution in [0, 0.1) is 23.7 Å². The van der Waals surface area contributed by atoms with Gasteiger partial charge in [0, 0.05) is 37.2 Å². The molecule has 0 aromatic heterocycles. The van der Waals surface area contributed by atoms with Gasteiger partial charge in [-0.2, -0.15) is 4.31 Å². The summed E-state index contributed by atoms with van der Waals surface area (Å²) in [4.78, 5) is 4.40. The van der Waals surface area contributed by atoms with E-state index in [-0.39, 0.29) is 23.5 Å². The standard InChI is InChI=1S/C24H37N3O4S/c1-18-14-27(19(2)17-28)32(29,30)24-11-10-20(7-6-12-25(3)4)13-22(24)31-23(18)16-26(5)15-21-8-9-21/h10-11,13,18-19,21,23,28H,8-9,12,14-17H2,1-5H3/t18-,19+,23-/m0/s1. The van der Waals surface area contributed by atoms with E-state index in [4.69, 9.17) is 4.74 Å². The fourth-order valence-corrected chi connectivity index (χ4v) is 5.77. The van der Waals surface area contributed by atoms with Crippen molar-refractivity contribution in [1.29, 1.82) is 0 Å². The van der Waals surface area contributed by atoms with Gasteiger partial charge in [-0.05, 0) is 65.0 Å². The first kappa shape index (κ1) is 25.0. The molecule has 3 rings (SSSR count). The summed E-state index contributed by atoms with van der Waals surface area (Å²) in [6.45, 7) is 6.19. The molecule has 2 aliphatic rings. The predicted molar refractivity (Wildman–Crippen MR) is 126 cm³/mol. The zero-order valence-electron chi connectivity index (χ0n) is 19.9. The summed E-state index contributed by atoms with van der Waals surface area (Å²) in [6.07, 6.45) is 2.39. The Labute approximate surface area is 193 Å². The van der Waals surface area contributed by atoms with Crippen LogP contribution in [0.2, 0.25) is 0 Å². The molecule has 1 fully saturated rings. The second-order valence-electron chi connectivity index (χ2n) is 9.61. The first-order chi connectivity index (χ1) is 15.1. The van der Waals surface area contributed by atoms with E-state index in [0.717, 1.165) is 24.6 Å². The number of aliphatic hydroxyl groups excluding tert-OH is 1. The molecule has 32 heavy (non-hydrogen) atoms. The van der Waals surface area contributed by atoms with Crippen molar-refractivity contribution < 1.29 is 18.3 Å². The second-order valence-corrected chi connectivity index (χ2v) is 11.5. The van der Waals surface area contributed by atoms with Crippen LogP contribution in [0.4, 0.5) is 0 Å². The monoisotopic (exact) mass is 463 g/mol. The molecule has 7 nitrogen and oxygen atoms in total. The highest BCUT2D eigenvalue weighted by Crippen LogP contribution is 2.35. The largest absolute Gasteiger partial charge is 0.487 e. The molecule has 1 aromatic carbocycles. The lowest BCUT2D eigenvalue weighted by Crippen LogP contribution is -2.49. The molecule has 0 radical (unpaired) electrons. The molecule has 1 heterocycles. The minimum atomic E-state index is -3.82. The fraction of sp³-hybridized carbons (Fsp3) is 0.667. The Kier molecular flexibility index (Phi) is 8.23. The Morgan fingerprint density at radius 1 is 1.25 bits per heavy atom. The van der Waals surface area contributed by atoms with Crippen LogP contribution in [0.25, 0.3) is 0 Å². The molecule has 0 unspecified atom stereocenters. The van der Waals surface area contributed by atoms with Crippen molar-refractivity contribution in [2.75, 3.05) is 53.9 Å². The third-order valence-corrected chi connectivity index (χ3v) is 8.07. The van der Waals surface area contributed by atoms with Crippen molar-refractivity contribution in [1.82, 2.24) is 14.1 Å². The number of sulfonamides is 1. The van der Waals surface area contributed by atoms with E-state index in [1.165, 1.54) is 17.1 Å². The van der Waals surface area contributed by atoms with E-state index < -0.39 is 16.1 Å². The first-order valence-electron chi connectivity index (χ1n) is 11.4. The van der Waals surface area contributed by atoms with Crippen molar-refractivity contribution in [3.8, 4) is 17.6 Å². The molecule has 1 N–H and O–H groups in total. The van der Waals surface area contributed by atoms with Crippen LogP contribution in [-0.4, -0.2) is 93.7 Å². The van der Waals surface area contributed by atoms with Crippen molar-refractivity contribution in [2.24, 2.45) is 11.8 Å². The van der Waals surface area contributed by atoms with Crippen LogP contribution in [-0.2, 0) is 10.0 Å². The Morgan fingerprint density at radius 2 is 1.97 bits per heavy atom. The Morgan fingerprint density at radius 3 is 2.59 bits per heavy atom. The highest BCUT2D eigenvalue weighted by molar-refractivity contribution is 7.89. The number of rotatable bonds is 7. The average Bonchev–Trinajstić information content (AvgIpc) is 3.53. The normalized spacial score (nSPS) is 24.1. The number of ether oxygens (including phenoxy) is 1. The summed E-state index contributed by atoms with van der Waals surface area (Å²) < 4.78 is 34.8. The van der Waals surface area contributed by atoms with E-state index >= 15 is 0 Å². The second kappa shape index (κ2) is 10.5. The van der Waals surface area contributed by atoms with E-state index in [1.807, 2.05) is 25.9 Å². The van der Waals surface area contributed by atoms with Gasteiger partial charge in [0.25, 0.3) is 0 Å². The van der Waals surface area contributed by atoms with Crippen molar-refractivity contribution in [3.05, 3.63) is 23.8 Å². The third-order valence-electron chi connectivity index (χ3n) is 6.05. The third kappa shape index (κ3) is 6.24. The number of hydrogen-bond donors (Lipinski definition) is 1. The summed E-state index contributed by atoms with van der Waals surface area (Å²) in [6, 6.07) is 4.53. The SMILES string of the molecule is C[C@H](CO)N1C[C@H](C)[C@H](CN(C)CC2CC2)Oc2cc(C#CCN(C)C)ccc2S1(=O)=O. The molecular weight excluding hydrogens is 426 g/mol. The lowest BCUT2D eigenvalue weighted by molar-refractivity contribution is 0.0740. The van der Waals surface area contributed by atoms with E-state index in [0.29, 0.717) is 18.8 Å². The molecule has 0 spiro atoms. The van der Waals surface area contributed by atoms with Crippen molar-refractivity contribution in [2.45, 2.75) is 43.7 Å². The first-order valence-corrected chi connectivity index (χ1v) is 12.8. The van der Waals surface area contributed by atoms with Gasteiger partial charge in [-0.25, -0.2) is 8.42 Å². The lowest BCUT2D eigenvalue weighted by atomic mass is 10.0. The average molecular weight is 464 g/mol. The maximum absolute atomic E-state index is 13.5. The summed E-state index contributed by atoms with van der Waals surface area (Å²) in [5.41, 5.74) is 0.723. The number of likely N-dealkylation sites (N-methyl/N-ethyl adjacent to an activating group) is 1. The van der Waals surface area contributed by atoms with Gasteiger partial charge in [-0.1, -0.05) is 18.8 Å². The number of nitrogens with zero attached hydrogens (tertiary/aromatic N) is 3. The smallest absolute Gasteiger partial charge is 0.247 e. The Hall–Kier alpha value is -1.63. The van der Waals surface area contributed by atoms with Crippen LogP contribution in [0.3, 0.4) is 0 Å². The summed E-state index contributed by atoms with van der Waals surface area (Å²) in [5.74, 6) is 7.26. The molecule has 1 saturated carbocycles. The molecule has 3 atom stereocenters. The molecule has 1 aromatic rings. The highest BCUT2D eigenvalue weighted by Gasteiger charge is 2.38. The van der Waals surface area contributed by atoms with Crippen LogP contribution < -0.4 is 4.74 Å². The number of hydrogen-bond acceptors (Lipinski definition) is 6. The van der Waals surface area contributed by atoms with Crippen LogP contribution in [0.15, 0.2) is 23.1 Å². The lowest BCUT2D eigenvalue weighted by Gasteiger charge is -2.37. The predicted octanol–water partition coefficient (Wildman–Crippen LogP) is 1.71. The van der Waals surface area contributed by atoms with Crippen molar-refractivity contribution >= 4 is 10.0 Å². The quantitative estimate of drug-likeness (QED) is 0.621. The molecule has 0 amide bonds. The zero-order chi connectivity index (χ0) is 23.5. The van der Waals surface area contributed by atoms with Gasteiger partial charge >= 0.3 is 0 Å². The molecule has 0 bridgehead atoms. The van der Waals surface area contributed by atoms with Crippen LogP contribution in [0.1, 0.15) is 32.3 Å². The van der Waals surface area contributed by atoms with Crippen molar-refractivity contribution in [3.63, 3.8) is 0 Å². The van der Waals surface area contributed by atoms with Gasteiger partial charge in [0.1, 0.15) is 16.7 Å². The van der Waals surface area contributed by atoms with E-state index in [2.05, 4.69) is 23.8 Å². The van der Waals surface area contributed by atoms with Gasteiger partial charge in [-0.3, -0.25) is 4.90 Å². The molecular formula is C24H37N3O4S. The molecule has 1 aliphatic carbocycles. The molecule has 1 aliphatic heterocycles. The Bertz CT molecular complexity index is 950. The maximum atomic E-state index is 13.5. The van der Waals surface area contributed by atoms with Crippen LogP contribution >= 0.6 is 0 Å². The van der Waals surface area contributed by atoms with Crippen LogP contribution in [0.5, 0.6) is 5.75 Å². The summed E-state index contributed by atoms with van der Waals surface area (Å²) in [5, 5.41) is 9.75. The van der Waals surface area contributed by atoms with Gasteiger partial charge in [-0.15, -0.1) is 0 Å². The minimum Gasteiger partial charge on any atom is -0.487 e. The Balaban J connectivity index is 1.98. The summed E-state index contributed by atoms with van der Waals surface area (Å²) >= 11 is 0. The van der Waals surface area contributed by atoms with E-state index in [1.54, 1.807) is 25.1 Å². The summed E-state index contributed by atoms with van der Waals surface area (Å²) in [7, 11) is 2.18. The minimum absolute atomic E-state index is 0.0444. The van der Waals surface area contributed by atoms with Gasteiger partial charge < -0.3 is 14.7 Å². The fourth-order valence-electron chi connectivity index (χ4n) is 3.94. The maximum Gasteiger partial charge on any atom is 0.247 e. The highest BCUT2D eigenvalue weighted by atomic mass is 32.2. The topological polar surface area (TPSA) is 73.3 Å². The van der Waals surface area contributed by atoms with Gasteiger partial charge in [0.15, 0.2) is 0 Å². The molecule has 0 saturated heterocycles. The number of aliphatic hydroxyl groups is 1. The molecule has 8 heteroatoms. The van der Waals surface area contributed by atoms with Gasteiger partial charge in [0.05, 0.1) is 13.2 Å². The number of fused-ring (bicyclic) bond motifs is 1. The van der Waals surface area contributed by atoms with E-state index in [9.17, 15) is 13.5 Å². The number of benzene rings is 1.